The van der Waals surface area contributed by atoms with Crippen molar-refractivity contribution in [1.29, 1.82) is 0 Å². The van der Waals surface area contributed by atoms with Crippen LogP contribution in [0.25, 0.3) is 0 Å². The van der Waals surface area contributed by atoms with Crippen molar-refractivity contribution in [2.45, 2.75) is 148 Å². The Morgan fingerprint density at radius 3 is 2.27 bits per heavy atom. The highest BCUT2D eigenvalue weighted by atomic mass is 28.4. The third-order valence-corrected chi connectivity index (χ3v) is 19.1. The van der Waals surface area contributed by atoms with Crippen LogP contribution >= 0.6 is 0 Å². The molecule has 0 bridgehead atoms. The first-order valence-corrected chi connectivity index (χ1v) is 21.7. The van der Waals surface area contributed by atoms with Gasteiger partial charge in [0.1, 0.15) is 0 Å². The number of fused-ring (bicyclic) bond motifs is 1. The fourth-order valence-electron chi connectivity index (χ4n) is 5.46. The molecule has 0 radical (unpaired) electrons. The van der Waals surface area contributed by atoms with Crippen LogP contribution in [0, 0.1) is 17.8 Å². The zero-order chi connectivity index (χ0) is 30.4. The van der Waals surface area contributed by atoms with E-state index < -0.39 is 16.6 Å². The van der Waals surface area contributed by atoms with Crippen LogP contribution < -0.4 is 0 Å². The third kappa shape index (κ3) is 9.81. The van der Waals surface area contributed by atoms with Crippen molar-refractivity contribution in [3.8, 4) is 0 Å². The maximum Gasteiger partial charge on any atom is 0.305 e. The van der Waals surface area contributed by atoms with Crippen LogP contribution in [0.1, 0.15) is 99.8 Å². The third-order valence-electron chi connectivity index (χ3n) is 10.1. The number of unbranched alkanes of at least 4 members (excludes halogenated alkanes) is 2. The molecule has 0 heterocycles. The average Bonchev–Trinajstić information content (AvgIpc) is 3.35. The molecule has 6 heteroatoms. The van der Waals surface area contributed by atoms with E-state index in [-0.39, 0.29) is 28.3 Å². The second kappa shape index (κ2) is 14.5. The van der Waals surface area contributed by atoms with E-state index in [1.54, 1.807) is 0 Å². The quantitative estimate of drug-likeness (QED) is 0.0874. The van der Waals surface area contributed by atoms with Gasteiger partial charge < -0.3 is 13.6 Å². The Hall–Kier alpha value is -0.956. The van der Waals surface area contributed by atoms with Crippen molar-refractivity contribution in [3.05, 3.63) is 36.0 Å². The minimum atomic E-state index is -1.90. The Kier molecular flexibility index (Phi) is 12.8. The largest absolute Gasteiger partial charge is 0.469 e. The molecule has 5 atom stereocenters. The highest BCUT2D eigenvalue weighted by Gasteiger charge is 2.48. The van der Waals surface area contributed by atoms with Gasteiger partial charge in [0.15, 0.2) is 16.6 Å². The van der Waals surface area contributed by atoms with E-state index in [0.29, 0.717) is 24.2 Å². The van der Waals surface area contributed by atoms with Crippen molar-refractivity contribution >= 4 is 22.6 Å². The van der Waals surface area contributed by atoms with Gasteiger partial charge >= 0.3 is 5.97 Å². The first-order valence-electron chi connectivity index (χ1n) is 15.9. The molecule has 2 aliphatic carbocycles. The molecule has 0 aromatic carbocycles. The molecular formula is C34H62O4Si2. The Bertz CT molecular complexity index is 904. The number of ether oxygens (including phenoxy) is 1. The van der Waals surface area contributed by atoms with Crippen molar-refractivity contribution in [1.82, 2.24) is 0 Å². The highest BCUT2D eigenvalue weighted by Crippen LogP contribution is 2.51. The lowest BCUT2D eigenvalue weighted by Crippen LogP contribution is -2.45. The monoisotopic (exact) mass is 590 g/mol. The molecule has 0 saturated heterocycles. The summed E-state index contributed by atoms with van der Waals surface area (Å²) in [5.41, 5.74) is 1.40. The summed E-state index contributed by atoms with van der Waals surface area (Å²) in [6.07, 6.45) is 20.3. The number of allylic oxidation sites excluding steroid dienone is 4. The molecule has 40 heavy (non-hydrogen) atoms. The Morgan fingerprint density at radius 2 is 1.70 bits per heavy atom. The zero-order valence-corrected chi connectivity index (χ0v) is 30.1. The van der Waals surface area contributed by atoms with Gasteiger partial charge in [0.2, 0.25) is 0 Å². The summed E-state index contributed by atoms with van der Waals surface area (Å²) in [5.74, 6) is 1.36. The molecular weight excluding hydrogens is 529 g/mol. The molecule has 0 aliphatic heterocycles. The van der Waals surface area contributed by atoms with Crippen molar-refractivity contribution in [2.24, 2.45) is 17.8 Å². The van der Waals surface area contributed by atoms with E-state index in [4.69, 9.17) is 13.6 Å². The van der Waals surface area contributed by atoms with Gasteiger partial charge in [-0.15, -0.1) is 0 Å². The van der Waals surface area contributed by atoms with Crippen molar-refractivity contribution < 1.29 is 18.4 Å². The Labute approximate surface area is 249 Å². The second-order valence-corrected chi connectivity index (χ2v) is 24.8. The summed E-state index contributed by atoms with van der Waals surface area (Å²) in [4.78, 5) is 11.5. The van der Waals surface area contributed by atoms with Crippen molar-refractivity contribution in [3.63, 3.8) is 0 Å². The zero-order valence-electron chi connectivity index (χ0n) is 28.1. The SMILES string of the molecule is CCCCC[C@@H](/C=C\[C@H]1[C@H]2CC(C=CCCC(=O)OC)=C[C@H]2C[C@H]1O[Si](C)(C)C(C)(C)C)O[Si](C)(C)C(C)(C)C. The van der Waals surface area contributed by atoms with Crippen LogP contribution in [0.5, 0.6) is 0 Å². The van der Waals surface area contributed by atoms with Crippen molar-refractivity contribution in [2.75, 3.05) is 7.11 Å². The minimum absolute atomic E-state index is 0.147. The number of hydrogen-bond donors (Lipinski definition) is 0. The van der Waals surface area contributed by atoms with Gasteiger partial charge in [-0.1, -0.05) is 104 Å². The number of esters is 1. The lowest BCUT2D eigenvalue weighted by molar-refractivity contribution is -0.140. The normalized spacial score (nSPS) is 25.1. The highest BCUT2D eigenvalue weighted by molar-refractivity contribution is 6.74. The number of rotatable bonds is 14. The molecule has 0 aromatic rings. The van der Waals surface area contributed by atoms with E-state index in [1.165, 1.54) is 31.9 Å². The van der Waals surface area contributed by atoms with Crippen LogP contribution in [-0.2, 0) is 18.4 Å². The summed E-state index contributed by atoms with van der Waals surface area (Å²) in [6, 6.07) is 0. The molecule has 2 rings (SSSR count). The van der Waals surface area contributed by atoms with Gasteiger partial charge in [-0.05, 0) is 73.8 Å². The van der Waals surface area contributed by atoms with Crippen LogP contribution in [0.3, 0.4) is 0 Å². The molecule has 4 nitrogen and oxygen atoms in total. The van der Waals surface area contributed by atoms with Gasteiger partial charge in [-0.25, -0.2) is 0 Å². The summed E-state index contributed by atoms with van der Waals surface area (Å²) in [7, 11) is -2.33. The van der Waals surface area contributed by atoms with E-state index in [9.17, 15) is 4.79 Å². The Balaban J connectivity index is 2.28. The molecule has 0 aromatic heterocycles. The van der Waals surface area contributed by atoms with Gasteiger partial charge in [-0.3, -0.25) is 4.79 Å². The van der Waals surface area contributed by atoms with E-state index in [2.05, 4.69) is 105 Å². The molecule has 230 valence electrons. The molecule has 0 amide bonds. The average molecular weight is 591 g/mol. The first kappa shape index (κ1) is 35.2. The number of carbonyl (C=O) groups excluding carboxylic acids is 1. The van der Waals surface area contributed by atoms with E-state index in [0.717, 1.165) is 25.7 Å². The number of hydrogen-bond acceptors (Lipinski definition) is 4. The standard InChI is InChI=1S/C34H62O4Si2/c1-13-14-15-19-28(37-39(9,10)33(2,3)4)21-22-29-30-24-26(18-16-17-20-32(35)36-8)23-27(30)25-31(29)38-40(11,12)34(5,6)7/h16,18,21-23,27-31H,13-15,17,19-20,24-25H2,1-12H3/b18-16?,22-21-/t27-,28-,29-,30-,31+/m0/s1. The van der Waals surface area contributed by atoms with Gasteiger partial charge in [0, 0.05) is 12.3 Å². The predicted molar refractivity (Wildman–Crippen MR) is 176 cm³/mol. The number of methoxy groups -OCH3 is 1. The molecule has 2 aliphatic rings. The summed E-state index contributed by atoms with van der Waals surface area (Å²) >= 11 is 0. The van der Waals surface area contributed by atoms with Gasteiger partial charge in [0.25, 0.3) is 0 Å². The fourth-order valence-corrected chi connectivity index (χ4v) is 8.13. The molecule has 0 spiro atoms. The van der Waals surface area contributed by atoms with Crippen LogP contribution in [-0.4, -0.2) is 41.9 Å². The molecule has 1 fully saturated rings. The van der Waals surface area contributed by atoms with Crippen LogP contribution in [0.4, 0.5) is 0 Å². The van der Waals surface area contributed by atoms with Crippen LogP contribution in [0.2, 0.25) is 36.3 Å². The fraction of sp³-hybridized carbons (Fsp3) is 0.794. The van der Waals surface area contributed by atoms with E-state index >= 15 is 0 Å². The lowest BCUT2D eigenvalue weighted by atomic mass is 9.89. The van der Waals surface area contributed by atoms with Crippen LogP contribution in [0.15, 0.2) is 36.0 Å². The van der Waals surface area contributed by atoms with E-state index in [1.807, 2.05) is 0 Å². The maximum atomic E-state index is 11.5. The molecule has 0 N–H and O–H groups in total. The second-order valence-electron chi connectivity index (χ2n) is 15.3. The summed E-state index contributed by atoms with van der Waals surface area (Å²) in [6.45, 7) is 25.8. The summed E-state index contributed by atoms with van der Waals surface area (Å²) in [5, 5.41) is 0.386. The minimum Gasteiger partial charge on any atom is -0.469 e. The summed E-state index contributed by atoms with van der Waals surface area (Å²) < 4.78 is 18.9. The lowest BCUT2D eigenvalue weighted by Gasteiger charge is -2.40. The number of carbonyl (C=O) groups is 1. The smallest absolute Gasteiger partial charge is 0.305 e. The Morgan fingerprint density at radius 1 is 1.05 bits per heavy atom. The molecule has 1 saturated carbocycles. The maximum absolute atomic E-state index is 11.5. The topological polar surface area (TPSA) is 44.8 Å². The van der Waals surface area contributed by atoms with Gasteiger partial charge in [-0.2, -0.15) is 0 Å². The predicted octanol–water partition coefficient (Wildman–Crippen LogP) is 10.00. The molecule has 0 unspecified atom stereocenters. The van der Waals surface area contributed by atoms with Gasteiger partial charge in [0.05, 0.1) is 19.3 Å². The first-order chi connectivity index (χ1) is 18.4.